The van der Waals surface area contributed by atoms with Crippen LogP contribution in [0, 0.1) is 0 Å². The summed E-state index contributed by atoms with van der Waals surface area (Å²) in [5.41, 5.74) is 5.28. The lowest BCUT2D eigenvalue weighted by atomic mass is 10.1. The molecule has 0 aliphatic rings. The number of nitrogens with one attached hydrogen (secondary N) is 1. The second-order valence-electron chi connectivity index (χ2n) is 4.17. The summed E-state index contributed by atoms with van der Waals surface area (Å²) in [5.74, 6) is -0.0257. The molecule has 14 heavy (non-hydrogen) atoms. The van der Waals surface area contributed by atoms with Gasteiger partial charge in [0.1, 0.15) is 0 Å². The molecule has 0 bridgehead atoms. The third kappa shape index (κ3) is 3.12. The van der Waals surface area contributed by atoms with E-state index in [1.54, 1.807) is 0 Å². The zero-order valence-corrected chi connectivity index (χ0v) is 9.57. The Morgan fingerprint density at radius 1 is 1.50 bits per heavy atom. The number of nitrogens with two attached hydrogens (primary N) is 1. The van der Waals surface area contributed by atoms with Crippen molar-refractivity contribution >= 4 is 17.2 Å². The lowest BCUT2D eigenvalue weighted by Crippen LogP contribution is -2.40. The molecule has 0 fully saturated rings. The Morgan fingerprint density at radius 3 is 2.57 bits per heavy atom. The van der Waals surface area contributed by atoms with Crippen LogP contribution in [0.1, 0.15) is 35.3 Å². The summed E-state index contributed by atoms with van der Waals surface area (Å²) < 4.78 is 0. The third-order valence-corrected chi connectivity index (χ3v) is 2.68. The van der Waals surface area contributed by atoms with Crippen LogP contribution in [0.25, 0.3) is 0 Å². The highest BCUT2D eigenvalue weighted by molar-refractivity contribution is 7.14. The number of amides is 1. The molecule has 0 aromatic carbocycles. The van der Waals surface area contributed by atoms with Gasteiger partial charge in [0.2, 0.25) is 0 Å². The first-order chi connectivity index (χ1) is 6.42. The third-order valence-electron chi connectivity index (χ3n) is 1.58. The number of rotatable bonds is 2. The van der Waals surface area contributed by atoms with Crippen molar-refractivity contribution < 1.29 is 4.79 Å². The topological polar surface area (TPSA) is 55.1 Å². The molecule has 0 saturated carbocycles. The summed E-state index contributed by atoms with van der Waals surface area (Å²) in [5, 5.41) is 2.90. The van der Waals surface area contributed by atoms with E-state index in [4.69, 9.17) is 5.73 Å². The minimum Gasteiger partial charge on any atom is -0.347 e. The predicted molar refractivity (Wildman–Crippen MR) is 59.4 cm³/mol. The van der Waals surface area contributed by atoms with Crippen LogP contribution < -0.4 is 11.1 Å². The molecule has 0 saturated heterocycles. The van der Waals surface area contributed by atoms with E-state index in [9.17, 15) is 4.79 Å². The number of carbonyl (C=O) groups is 1. The molecular weight excluding hydrogens is 196 g/mol. The van der Waals surface area contributed by atoms with E-state index in [1.807, 2.05) is 32.9 Å². The van der Waals surface area contributed by atoms with E-state index >= 15 is 0 Å². The first kappa shape index (κ1) is 11.2. The predicted octanol–water partition coefficient (Wildman–Crippen LogP) is 1.74. The first-order valence-electron chi connectivity index (χ1n) is 4.53. The van der Waals surface area contributed by atoms with Crippen molar-refractivity contribution in [2.75, 3.05) is 0 Å². The van der Waals surface area contributed by atoms with Gasteiger partial charge in [-0.15, -0.1) is 11.3 Å². The second kappa shape index (κ2) is 4.11. The Labute approximate surface area is 88.3 Å². The quantitative estimate of drug-likeness (QED) is 0.784. The maximum absolute atomic E-state index is 11.6. The molecule has 0 spiro atoms. The van der Waals surface area contributed by atoms with Gasteiger partial charge >= 0.3 is 0 Å². The van der Waals surface area contributed by atoms with Gasteiger partial charge in [-0.1, -0.05) is 0 Å². The maximum atomic E-state index is 11.6. The van der Waals surface area contributed by atoms with Gasteiger partial charge in [-0.25, -0.2) is 0 Å². The van der Waals surface area contributed by atoms with Crippen LogP contribution in [0.3, 0.4) is 0 Å². The fourth-order valence-corrected chi connectivity index (χ4v) is 1.79. The highest BCUT2D eigenvalue weighted by Gasteiger charge is 2.16. The molecule has 1 aromatic heterocycles. The molecule has 0 aliphatic carbocycles. The van der Waals surface area contributed by atoms with Gasteiger partial charge in [-0.3, -0.25) is 4.79 Å². The Bertz CT molecular complexity index is 325. The van der Waals surface area contributed by atoms with Gasteiger partial charge in [0.05, 0.1) is 4.88 Å². The number of carbonyl (C=O) groups excluding carboxylic acids is 1. The summed E-state index contributed by atoms with van der Waals surface area (Å²) in [6.45, 7) is 6.38. The largest absolute Gasteiger partial charge is 0.347 e. The Morgan fingerprint density at radius 2 is 2.14 bits per heavy atom. The van der Waals surface area contributed by atoms with Crippen LogP contribution in [0.5, 0.6) is 0 Å². The van der Waals surface area contributed by atoms with Gasteiger partial charge in [-0.05, 0) is 32.9 Å². The van der Waals surface area contributed by atoms with Gasteiger partial charge in [-0.2, -0.15) is 0 Å². The molecule has 1 rings (SSSR count). The normalized spacial score (nSPS) is 11.4. The highest BCUT2D eigenvalue weighted by atomic mass is 32.1. The van der Waals surface area contributed by atoms with Gasteiger partial charge < -0.3 is 11.1 Å². The minimum atomic E-state index is -0.191. The van der Waals surface area contributed by atoms with Crippen LogP contribution in [-0.2, 0) is 6.54 Å². The SMILES string of the molecule is CC(C)(C)NC(=O)c1ccc(CN)s1. The second-order valence-corrected chi connectivity index (χ2v) is 5.34. The minimum absolute atomic E-state index is 0.0257. The molecule has 3 N–H and O–H groups in total. The van der Waals surface area contributed by atoms with Gasteiger partial charge in [0.25, 0.3) is 5.91 Å². The lowest BCUT2D eigenvalue weighted by Gasteiger charge is -2.19. The summed E-state index contributed by atoms with van der Waals surface area (Å²) >= 11 is 1.44. The monoisotopic (exact) mass is 212 g/mol. The smallest absolute Gasteiger partial charge is 0.261 e. The van der Waals surface area contributed by atoms with E-state index in [2.05, 4.69) is 5.32 Å². The van der Waals surface area contributed by atoms with E-state index in [-0.39, 0.29) is 11.4 Å². The standard InChI is InChI=1S/C10H16N2OS/c1-10(2,3)12-9(13)8-5-4-7(6-11)14-8/h4-5H,6,11H2,1-3H3,(H,12,13). The Hall–Kier alpha value is -0.870. The number of hydrogen-bond acceptors (Lipinski definition) is 3. The van der Waals surface area contributed by atoms with Crippen molar-refractivity contribution in [1.82, 2.24) is 5.32 Å². The van der Waals surface area contributed by atoms with E-state index in [1.165, 1.54) is 11.3 Å². The van der Waals surface area contributed by atoms with Crippen LogP contribution in [0.2, 0.25) is 0 Å². The Balaban J connectivity index is 2.70. The summed E-state index contributed by atoms with van der Waals surface area (Å²) in [6, 6.07) is 3.70. The zero-order chi connectivity index (χ0) is 10.8. The molecule has 1 aromatic rings. The zero-order valence-electron chi connectivity index (χ0n) is 8.76. The molecule has 3 nitrogen and oxygen atoms in total. The van der Waals surface area contributed by atoms with Crippen molar-refractivity contribution in [3.63, 3.8) is 0 Å². The number of thiophene rings is 1. The molecule has 0 aliphatic heterocycles. The van der Waals surface area contributed by atoms with E-state index in [0.29, 0.717) is 6.54 Å². The summed E-state index contributed by atoms with van der Waals surface area (Å²) in [7, 11) is 0. The Kier molecular flexibility index (Phi) is 3.29. The lowest BCUT2D eigenvalue weighted by molar-refractivity contribution is 0.0924. The molecule has 0 unspecified atom stereocenters. The van der Waals surface area contributed by atoms with E-state index in [0.717, 1.165) is 9.75 Å². The van der Waals surface area contributed by atoms with Gasteiger partial charge in [0.15, 0.2) is 0 Å². The average molecular weight is 212 g/mol. The van der Waals surface area contributed by atoms with Crippen molar-refractivity contribution in [2.45, 2.75) is 32.9 Å². The molecule has 0 atom stereocenters. The van der Waals surface area contributed by atoms with Crippen LogP contribution in [-0.4, -0.2) is 11.4 Å². The fourth-order valence-electron chi connectivity index (χ4n) is 1.01. The van der Waals surface area contributed by atoms with E-state index < -0.39 is 0 Å². The molecule has 1 heterocycles. The molecule has 1 amide bonds. The van der Waals surface area contributed by atoms with Gasteiger partial charge in [0, 0.05) is 17.0 Å². The molecule has 4 heteroatoms. The van der Waals surface area contributed by atoms with Crippen molar-refractivity contribution in [3.8, 4) is 0 Å². The van der Waals surface area contributed by atoms with Crippen molar-refractivity contribution in [3.05, 3.63) is 21.9 Å². The van der Waals surface area contributed by atoms with Crippen molar-refractivity contribution in [1.29, 1.82) is 0 Å². The van der Waals surface area contributed by atoms with Crippen molar-refractivity contribution in [2.24, 2.45) is 5.73 Å². The first-order valence-corrected chi connectivity index (χ1v) is 5.35. The van der Waals surface area contributed by atoms with Crippen LogP contribution in [0.15, 0.2) is 12.1 Å². The highest BCUT2D eigenvalue weighted by Crippen LogP contribution is 2.16. The molecule has 0 radical (unpaired) electrons. The molecule has 78 valence electrons. The molecular formula is C10H16N2OS. The van der Waals surface area contributed by atoms with Crippen LogP contribution in [0.4, 0.5) is 0 Å². The average Bonchev–Trinajstić information content (AvgIpc) is 2.48. The van der Waals surface area contributed by atoms with Crippen LogP contribution >= 0.6 is 11.3 Å². The maximum Gasteiger partial charge on any atom is 0.261 e. The number of hydrogen-bond donors (Lipinski definition) is 2. The fraction of sp³-hybridized carbons (Fsp3) is 0.500. The summed E-state index contributed by atoms with van der Waals surface area (Å²) in [4.78, 5) is 13.4. The summed E-state index contributed by atoms with van der Waals surface area (Å²) in [6.07, 6.45) is 0.